The lowest BCUT2D eigenvalue weighted by Gasteiger charge is -2.33. The molecule has 0 spiro atoms. The maximum absolute atomic E-state index is 13.1. The molecule has 1 aromatic carbocycles. The van der Waals surface area contributed by atoms with Crippen LogP contribution >= 0.6 is 40.7 Å². The fourth-order valence-corrected chi connectivity index (χ4v) is 2.45. The number of rotatable bonds is 2. The van der Waals surface area contributed by atoms with Gasteiger partial charge in [-0.25, -0.2) is 4.39 Å². The fraction of sp³-hybridized carbons (Fsp3) is 0.500. The molecular weight excluding hydrogens is 342 g/mol. The molecule has 18 heavy (non-hydrogen) atoms. The molecule has 1 aliphatic rings. The molecular formula is C12H18BrCl2FN2. The van der Waals surface area contributed by atoms with Crippen molar-refractivity contribution in [3.8, 4) is 0 Å². The van der Waals surface area contributed by atoms with Gasteiger partial charge in [0.05, 0.1) is 4.47 Å². The summed E-state index contributed by atoms with van der Waals surface area (Å²) in [7, 11) is 0. The highest BCUT2D eigenvalue weighted by atomic mass is 79.9. The Hall–Kier alpha value is 0.130. The van der Waals surface area contributed by atoms with Crippen molar-refractivity contribution in [2.24, 2.45) is 0 Å². The first-order valence-corrected chi connectivity index (χ1v) is 6.37. The van der Waals surface area contributed by atoms with Gasteiger partial charge in [0.15, 0.2) is 0 Å². The molecule has 0 amide bonds. The van der Waals surface area contributed by atoms with E-state index in [4.69, 9.17) is 0 Å². The average molecular weight is 360 g/mol. The lowest BCUT2D eigenvalue weighted by atomic mass is 10.1. The molecule has 0 aliphatic carbocycles. The first-order valence-electron chi connectivity index (χ1n) is 5.58. The predicted molar refractivity (Wildman–Crippen MR) is 81.5 cm³/mol. The van der Waals surface area contributed by atoms with Crippen LogP contribution in [0.5, 0.6) is 0 Å². The second-order valence-corrected chi connectivity index (χ2v) is 4.99. The van der Waals surface area contributed by atoms with Crippen LogP contribution in [-0.2, 0) is 0 Å². The van der Waals surface area contributed by atoms with Crippen LogP contribution in [0.4, 0.5) is 4.39 Å². The monoisotopic (exact) mass is 358 g/mol. The van der Waals surface area contributed by atoms with Crippen molar-refractivity contribution in [1.29, 1.82) is 0 Å². The Bertz CT molecular complexity index is 373. The van der Waals surface area contributed by atoms with Gasteiger partial charge in [0.2, 0.25) is 0 Å². The zero-order valence-corrected chi connectivity index (χ0v) is 13.4. The van der Waals surface area contributed by atoms with E-state index in [1.54, 1.807) is 0 Å². The summed E-state index contributed by atoms with van der Waals surface area (Å²) in [5, 5.41) is 3.33. The summed E-state index contributed by atoms with van der Waals surface area (Å²) in [6.07, 6.45) is 0. The first-order chi connectivity index (χ1) is 7.68. The van der Waals surface area contributed by atoms with Gasteiger partial charge in [-0.15, -0.1) is 24.8 Å². The van der Waals surface area contributed by atoms with E-state index >= 15 is 0 Å². The maximum atomic E-state index is 13.1. The summed E-state index contributed by atoms with van der Waals surface area (Å²) in [5.74, 6) is -0.198. The molecule has 0 unspecified atom stereocenters. The van der Waals surface area contributed by atoms with Gasteiger partial charge in [-0.05, 0) is 40.5 Å². The Morgan fingerprint density at radius 1 is 1.28 bits per heavy atom. The van der Waals surface area contributed by atoms with E-state index in [0.29, 0.717) is 10.5 Å². The van der Waals surface area contributed by atoms with Gasteiger partial charge in [0.25, 0.3) is 0 Å². The number of hydrogen-bond donors (Lipinski definition) is 1. The van der Waals surface area contributed by atoms with Gasteiger partial charge in [-0.2, -0.15) is 0 Å². The molecule has 1 saturated heterocycles. The Balaban J connectivity index is 0.00000144. The molecule has 1 N–H and O–H groups in total. The van der Waals surface area contributed by atoms with Gasteiger partial charge >= 0.3 is 0 Å². The highest BCUT2D eigenvalue weighted by molar-refractivity contribution is 9.10. The number of halogens is 4. The SMILES string of the molecule is C[C@H](c1ccc(F)c(Br)c1)N1CCNCC1.Cl.Cl. The Morgan fingerprint density at radius 3 is 2.44 bits per heavy atom. The van der Waals surface area contributed by atoms with Crippen LogP contribution in [0.15, 0.2) is 22.7 Å². The Kier molecular flexibility index (Phi) is 8.39. The molecule has 0 radical (unpaired) electrons. The van der Waals surface area contributed by atoms with Crippen LogP contribution < -0.4 is 5.32 Å². The van der Waals surface area contributed by atoms with Gasteiger partial charge < -0.3 is 5.32 Å². The molecule has 0 saturated carbocycles. The summed E-state index contributed by atoms with van der Waals surface area (Å²) in [6, 6.07) is 5.62. The summed E-state index contributed by atoms with van der Waals surface area (Å²) in [6.45, 7) is 6.34. The second-order valence-electron chi connectivity index (χ2n) is 4.14. The van der Waals surface area contributed by atoms with Crippen LogP contribution in [-0.4, -0.2) is 31.1 Å². The number of nitrogens with zero attached hydrogens (tertiary/aromatic N) is 1. The van der Waals surface area contributed by atoms with E-state index in [-0.39, 0.29) is 30.6 Å². The average Bonchev–Trinajstić information content (AvgIpc) is 2.33. The van der Waals surface area contributed by atoms with Crippen LogP contribution in [0.25, 0.3) is 0 Å². The smallest absolute Gasteiger partial charge is 0.137 e. The van der Waals surface area contributed by atoms with Gasteiger partial charge in [-0.1, -0.05) is 6.07 Å². The zero-order chi connectivity index (χ0) is 11.5. The quantitative estimate of drug-likeness (QED) is 0.870. The largest absolute Gasteiger partial charge is 0.314 e. The van der Waals surface area contributed by atoms with Crippen molar-refractivity contribution < 1.29 is 4.39 Å². The molecule has 1 heterocycles. The van der Waals surface area contributed by atoms with Gasteiger partial charge in [0, 0.05) is 32.2 Å². The topological polar surface area (TPSA) is 15.3 Å². The van der Waals surface area contributed by atoms with Crippen molar-refractivity contribution in [3.63, 3.8) is 0 Å². The van der Waals surface area contributed by atoms with Crippen molar-refractivity contribution in [3.05, 3.63) is 34.1 Å². The third-order valence-corrected chi connectivity index (χ3v) is 3.73. The summed E-state index contributed by atoms with van der Waals surface area (Å²) >= 11 is 3.23. The highest BCUT2D eigenvalue weighted by Gasteiger charge is 2.18. The van der Waals surface area contributed by atoms with Gasteiger partial charge in [-0.3, -0.25) is 4.90 Å². The summed E-state index contributed by atoms with van der Waals surface area (Å²) < 4.78 is 13.7. The second kappa shape index (κ2) is 8.33. The molecule has 0 aromatic heterocycles. The molecule has 2 nitrogen and oxygen atoms in total. The molecule has 0 bridgehead atoms. The predicted octanol–water partition coefficient (Wildman–Crippen LogP) is 3.40. The molecule has 1 aliphatic heterocycles. The van der Waals surface area contributed by atoms with Crippen molar-refractivity contribution in [1.82, 2.24) is 10.2 Å². The molecule has 1 atom stereocenters. The summed E-state index contributed by atoms with van der Waals surface area (Å²) in [4.78, 5) is 2.41. The third-order valence-electron chi connectivity index (χ3n) is 3.13. The number of benzene rings is 1. The number of hydrogen-bond acceptors (Lipinski definition) is 2. The lowest BCUT2D eigenvalue weighted by Crippen LogP contribution is -2.44. The molecule has 104 valence electrons. The molecule has 1 fully saturated rings. The lowest BCUT2D eigenvalue weighted by molar-refractivity contribution is 0.185. The summed E-state index contributed by atoms with van der Waals surface area (Å²) in [5.41, 5.74) is 1.16. The van der Waals surface area contributed by atoms with Crippen LogP contribution in [0.1, 0.15) is 18.5 Å². The van der Waals surface area contributed by atoms with E-state index in [2.05, 4.69) is 33.1 Å². The van der Waals surface area contributed by atoms with Crippen LogP contribution in [0.3, 0.4) is 0 Å². The van der Waals surface area contributed by atoms with E-state index in [0.717, 1.165) is 31.7 Å². The number of nitrogens with one attached hydrogen (secondary N) is 1. The van der Waals surface area contributed by atoms with Gasteiger partial charge in [0.1, 0.15) is 5.82 Å². The Morgan fingerprint density at radius 2 is 1.89 bits per heavy atom. The van der Waals surface area contributed by atoms with Crippen LogP contribution in [0.2, 0.25) is 0 Å². The molecule has 1 aromatic rings. The Labute approximate surface area is 128 Å². The first kappa shape index (κ1) is 18.1. The number of piperazine rings is 1. The van der Waals surface area contributed by atoms with E-state index in [9.17, 15) is 4.39 Å². The van der Waals surface area contributed by atoms with E-state index < -0.39 is 0 Å². The minimum absolute atomic E-state index is 0. The van der Waals surface area contributed by atoms with E-state index in [1.165, 1.54) is 6.07 Å². The normalized spacial score (nSPS) is 17.5. The van der Waals surface area contributed by atoms with Crippen molar-refractivity contribution in [2.45, 2.75) is 13.0 Å². The third kappa shape index (κ3) is 4.35. The molecule has 6 heteroatoms. The molecule has 2 rings (SSSR count). The van der Waals surface area contributed by atoms with Crippen molar-refractivity contribution in [2.75, 3.05) is 26.2 Å². The zero-order valence-electron chi connectivity index (χ0n) is 10.2. The van der Waals surface area contributed by atoms with Crippen LogP contribution in [0, 0.1) is 5.82 Å². The van der Waals surface area contributed by atoms with Crippen molar-refractivity contribution >= 4 is 40.7 Å². The minimum atomic E-state index is -0.198. The maximum Gasteiger partial charge on any atom is 0.137 e. The fourth-order valence-electron chi connectivity index (χ4n) is 2.05. The van der Waals surface area contributed by atoms with E-state index in [1.807, 2.05) is 12.1 Å². The standard InChI is InChI=1S/C12H16BrFN2.2ClH/c1-9(16-6-4-15-5-7-16)10-2-3-12(14)11(13)8-10;;/h2-3,8-9,15H,4-7H2,1H3;2*1H/t9-;;/m1../s1. The minimum Gasteiger partial charge on any atom is -0.314 e. The highest BCUT2D eigenvalue weighted by Crippen LogP contribution is 2.25.